The highest BCUT2D eigenvalue weighted by Gasteiger charge is 2.66. The predicted octanol–water partition coefficient (Wildman–Crippen LogP) is 8.56. The van der Waals surface area contributed by atoms with E-state index in [4.69, 9.17) is 18.9 Å². The van der Waals surface area contributed by atoms with Gasteiger partial charge in [-0.15, -0.1) is 0 Å². The molecule has 292 valence electrons. The van der Waals surface area contributed by atoms with E-state index in [9.17, 15) is 19.2 Å². The highest BCUT2D eigenvalue weighted by atomic mass is 16.6. The number of fused-ring (bicyclic) bond motifs is 2. The second-order valence-electron chi connectivity index (χ2n) is 19.7. The molecule has 11 fully saturated rings. The van der Waals surface area contributed by atoms with E-state index in [0.29, 0.717) is 47.0 Å². The van der Waals surface area contributed by atoms with E-state index in [1.165, 1.54) is 116 Å². The van der Waals surface area contributed by atoms with E-state index >= 15 is 0 Å². The molecular formula is C45H64O8. The number of hydrogen-bond acceptors (Lipinski definition) is 8. The Morgan fingerprint density at radius 1 is 0.604 bits per heavy atom. The molecule has 0 amide bonds. The lowest BCUT2D eigenvalue weighted by molar-refractivity contribution is -0.237. The summed E-state index contributed by atoms with van der Waals surface area (Å²) in [5.74, 6) is 6.94. The van der Waals surface area contributed by atoms with Crippen molar-refractivity contribution < 1.29 is 38.1 Å². The summed E-state index contributed by atoms with van der Waals surface area (Å²) in [4.78, 5) is 48.5. The fourth-order valence-electron chi connectivity index (χ4n) is 15.1. The normalized spacial score (nSPS) is 45.1. The van der Waals surface area contributed by atoms with Gasteiger partial charge >= 0.3 is 23.9 Å². The molecule has 11 saturated carbocycles. The van der Waals surface area contributed by atoms with Crippen LogP contribution in [-0.2, 0) is 38.1 Å². The highest BCUT2D eigenvalue weighted by molar-refractivity contribution is 5.88. The van der Waals surface area contributed by atoms with Gasteiger partial charge in [-0.05, 0) is 174 Å². The van der Waals surface area contributed by atoms with E-state index in [1.807, 2.05) is 0 Å². The zero-order valence-electron chi connectivity index (χ0n) is 32.4. The lowest BCUT2D eigenvalue weighted by Gasteiger charge is -2.63. The topological polar surface area (TPSA) is 105 Å². The molecule has 0 radical (unpaired) electrons. The lowest BCUT2D eigenvalue weighted by Crippen LogP contribution is -2.64. The van der Waals surface area contributed by atoms with Crippen LogP contribution in [0, 0.1) is 76.9 Å². The Bertz CT molecular complexity index is 1410. The maximum absolute atomic E-state index is 12.8. The summed E-state index contributed by atoms with van der Waals surface area (Å²) in [7, 11) is 0. The number of ether oxygens (including phenoxy) is 4. The molecule has 0 N–H and O–H groups in total. The van der Waals surface area contributed by atoms with Gasteiger partial charge in [0, 0.05) is 17.6 Å². The Morgan fingerprint density at radius 3 is 1.60 bits per heavy atom. The first kappa shape index (κ1) is 37.3. The van der Waals surface area contributed by atoms with Crippen LogP contribution in [0.1, 0.15) is 129 Å². The summed E-state index contributed by atoms with van der Waals surface area (Å²) >= 11 is 0. The largest absolute Gasteiger partial charge is 0.456 e. The summed E-state index contributed by atoms with van der Waals surface area (Å²) in [6, 6.07) is 0. The summed E-state index contributed by atoms with van der Waals surface area (Å²) in [6.45, 7) is 10.3. The summed E-state index contributed by atoms with van der Waals surface area (Å²) in [6.07, 6.45) is 23.8. The third-order valence-corrected chi connectivity index (χ3v) is 16.5. The molecule has 0 aromatic heterocycles. The molecule has 5 unspecified atom stereocenters. The minimum Gasteiger partial charge on any atom is -0.456 e. The van der Waals surface area contributed by atoms with E-state index in [-0.39, 0.29) is 36.4 Å². The van der Waals surface area contributed by atoms with Crippen LogP contribution in [0.2, 0.25) is 0 Å². The van der Waals surface area contributed by atoms with Crippen molar-refractivity contribution in [3.63, 3.8) is 0 Å². The molecule has 0 spiro atoms. The zero-order chi connectivity index (χ0) is 37.1. The molecule has 5 atom stereocenters. The lowest BCUT2D eigenvalue weighted by atomic mass is 9.46. The molecule has 0 saturated heterocycles. The molecule has 0 aliphatic heterocycles. The summed E-state index contributed by atoms with van der Waals surface area (Å²) in [5, 5.41) is 0. The molecule has 10 bridgehead atoms. The SMILES string of the molecule is C=C(C)C(=O)OCC(=O)OC1(C2CCCC(C)C2)C2CC3CC(C2)CC1C3.C=CC(=O)OCC(=O)OC1(C2CC3CCC2C3)C2CC3CC(C2)CC1C3. The number of carbonyl (C=O) groups is 4. The maximum Gasteiger partial charge on any atom is 0.344 e. The molecule has 0 aromatic carbocycles. The smallest absolute Gasteiger partial charge is 0.344 e. The molecule has 8 heteroatoms. The number of rotatable bonds is 10. The average Bonchev–Trinajstić information content (AvgIpc) is 3.77. The fourth-order valence-corrected chi connectivity index (χ4v) is 15.1. The molecule has 11 rings (SSSR count). The minimum atomic E-state index is -0.555. The van der Waals surface area contributed by atoms with Crippen LogP contribution in [0.3, 0.4) is 0 Å². The van der Waals surface area contributed by atoms with Crippen LogP contribution < -0.4 is 0 Å². The van der Waals surface area contributed by atoms with Gasteiger partial charge in [-0.1, -0.05) is 39.3 Å². The van der Waals surface area contributed by atoms with Gasteiger partial charge in [0.25, 0.3) is 0 Å². The predicted molar refractivity (Wildman–Crippen MR) is 199 cm³/mol. The van der Waals surface area contributed by atoms with Gasteiger partial charge in [-0.2, -0.15) is 0 Å². The van der Waals surface area contributed by atoms with Crippen molar-refractivity contribution in [1.29, 1.82) is 0 Å². The summed E-state index contributed by atoms with van der Waals surface area (Å²) < 4.78 is 22.9. The van der Waals surface area contributed by atoms with Crippen LogP contribution >= 0.6 is 0 Å². The van der Waals surface area contributed by atoms with E-state index in [1.54, 1.807) is 6.92 Å². The van der Waals surface area contributed by atoms with Crippen LogP contribution in [0.5, 0.6) is 0 Å². The Hall–Kier alpha value is -2.64. The van der Waals surface area contributed by atoms with Crippen LogP contribution in [-0.4, -0.2) is 48.3 Å². The quantitative estimate of drug-likeness (QED) is 0.125. The molecule has 0 heterocycles. The van der Waals surface area contributed by atoms with Crippen molar-refractivity contribution in [2.45, 2.75) is 141 Å². The van der Waals surface area contributed by atoms with Gasteiger partial charge in [0.1, 0.15) is 11.2 Å². The molecule has 11 aliphatic carbocycles. The van der Waals surface area contributed by atoms with Gasteiger partial charge in [0.15, 0.2) is 13.2 Å². The maximum atomic E-state index is 12.8. The van der Waals surface area contributed by atoms with Crippen molar-refractivity contribution in [1.82, 2.24) is 0 Å². The van der Waals surface area contributed by atoms with Crippen molar-refractivity contribution in [2.24, 2.45) is 76.9 Å². The number of carbonyl (C=O) groups excluding carboxylic acids is 4. The van der Waals surface area contributed by atoms with Gasteiger partial charge in [0.2, 0.25) is 0 Å². The van der Waals surface area contributed by atoms with Crippen LogP contribution in [0.25, 0.3) is 0 Å². The Balaban J connectivity index is 0.000000151. The summed E-state index contributed by atoms with van der Waals surface area (Å²) in [5.41, 5.74) is -0.270. The van der Waals surface area contributed by atoms with Crippen LogP contribution in [0.15, 0.2) is 24.8 Å². The fraction of sp³-hybridized carbons (Fsp3) is 0.822. The van der Waals surface area contributed by atoms with Gasteiger partial charge < -0.3 is 18.9 Å². The first-order chi connectivity index (χ1) is 25.5. The first-order valence-corrected chi connectivity index (χ1v) is 21.5. The zero-order valence-corrected chi connectivity index (χ0v) is 32.4. The van der Waals surface area contributed by atoms with Crippen molar-refractivity contribution in [2.75, 3.05) is 13.2 Å². The van der Waals surface area contributed by atoms with E-state index < -0.39 is 11.9 Å². The second-order valence-corrected chi connectivity index (χ2v) is 19.7. The third-order valence-electron chi connectivity index (χ3n) is 16.5. The van der Waals surface area contributed by atoms with Crippen molar-refractivity contribution >= 4 is 23.9 Å². The minimum absolute atomic E-state index is 0.273. The Morgan fingerprint density at radius 2 is 1.13 bits per heavy atom. The monoisotopic (exact) mass is 732 g/mol. The molecule has 11 aliphatic rings. The molecule has 8 nitrogen and oxygen atoms in total. The third kappa shape index (κ3) is 6.93. The average molecular weight is 733 g/mol. The Kier molecular flexibility index (Phi) is 10.4. The standard InChI is InChI=1S/C23H34O4.C22H30O4/c1-14(2)22(25)26-13-21(24)27-23(18-6-4-5-15(3)7-18)19-9-16-8-17(11-19)12-20(23)10-16;1-2-20(23)25-12-21(24)26-22(19-11-13-3-4-16(19)6-13)17-7-14-5-15(9-17)10-18(22)8-14/h15-20H,1,4-13H2,2-3H3;2,13-19H,1,3-12H2. The van der Waals surface area contributed by atoms with Crippen LogP contribution in [0.4, 0.5) is 0 Å². The van der Waals surface area contributed by atoms with Crippen molar-refractivity contribution in [3.05, 3.63) is 24.8 Å². The number of esters is 4. The van der Waals surface area contributed by atoms with E-state index in [0.717, 1.165) is 41.6 Å². The van der Waals surface area contributed by atoms with E-state index in [2.05, 4.69) is 20.1 Å². The molecule has 0 aromatic rings. The highest BCUT2D eigenvalue weighted by Crippen LogP contribution is 2.67. The van der Waals surface area contributed by atoms with Crippen molar-refractivity contribution in [3.8, 4) is 0 Å². The Labute approximate surface area is 316 Å². The molecule has 53 heavy (non-hydrogen) atoms. The van der Waals surface area contributed by atoms with Gasteiger partial charge in [-0.3, -0.25) is 0 Å². The van der Waals surface area contributed by atoms with Gasteiger partial charge in [-0.25, -0.2) is 19.2 Å². The molecular weight excluding hydrogens is 668 g/mol. The first-order valence-electron chi connectivity index (χ1n) is 21.5. The second kappa shape index (κ2) is 14.8. The number of hydrogen-bond donors (Lipinski definition) is 0. The van der Waals surface area contributed by atoms with Gasteiger partial charge in [0.05, 0.1) is 0 Å².